The van der Waals surface area contributed by atoms with Crippen LogP contribution < -0.4 is 10.6 Å². The molecule has 0 bridgehead atoms. The van der Waals surface area contributed by atoms with Crippen molar-refractivity contribution < 1.29 is 19.1 Å². The summed E-state index contributed by atoms with van der Waals surface area (Å²) in [5.74, 6) is -0.924. The Bertz CT molecular complexity index is 587. The predicted octanol–water partition coefficient (Wildman–Crippen LogP) is 2.62. The topological polar surface area (TPSA) is 84.5 Å². The van der Waals surface area contributed by atoms with Crippen LogP contribution in [-0.2, 0) is 14.3 Å². The van der Waals surface area contributed by atoms with Crippen LogP contribution in [0.2, 0.25) is 5.02 Å². The lowest BCUT2D eigenvalue weighted by molar-refractivity contribution is -0.126. The van der Waals surface area contributed by atoms with Crippen molar-refractivity contribution >= 4 is 35.1 Å². The van der Waals surface area contributed by atoms with Crippen molar-refractivity contribution in [1.82, 2.24) is 5.32 Å². The summed E-state index contributed by atoms with van der Waals surface area (Å²) >= 11 is 5.98. The number of nitrogens with one attached hydrogen (secondary N) is 2. The summed E-state index contributed by atoms with van der Waals surface area (Å²) in [6.07, 6.45) is 0.539. The molecule has 0 aliphatic carbocycles. The average Bonchev–Trinajstić information content (AvgIpc) is 2.48. The van der Waals surface area contributed by atoms with Crippen molar-refractivity contribution in [3.63, 3.8) is 0 Å². The molecule has 0 spiro atoms. The Kier molecular flexibility index (Phi) is 7.54. The Morgan fingerprint density at radius 1 is 1.22 bits per heavy atom. The van der Waals surface area contributed by atoms with Crippen molar-refractivity contribution in [3.05, 3.63) is 28.8 Å². The Balaban J connectivity index is 2.60. The Hall–Kier alpha value is -2.08. The third kappa shape index (κ3) is 6.69. The average molecular weight is 341 g/mol. The van der Waals surface area contributed by atoms with Gasteiger partial charge in [-0.3, -0.25) is 9.59 Å². The van der Waals surface area contributed by atoms with Crippen molar-refractivity contribution in [2.75, 3.05) is 19.0 Å². The van der Waals surface area contributed by atoms with E-state index in [1.54, 1.807) is 0 Å². The van der Waals surface area contributed by atoms with E-state index in [1.807, 2.05) is 0 Å². The minimum absolute atomic E-state index is 0.258. The van der Waals surface area contributed by atoms with Crippen molar-refractivity contribution in [2.24, 2.45) is 5.92 Å². The number of ether oxygens (including phenoxy) is 1. The van der Waals surface area contributed by atoms with Gasteiger partial charge in [-0.1, -0.05) is 25.4 Å². The molecule has 0 aliphatic heterocycles. The highest BCUT2D eigenvalue weighted by atomic mass is 35.5. The van der Waals surface area contributed by atoms with E-state index in [0.717, 1.165) is 6.42 Å². The number of amides is 2. The Morgan fingerprint density at radius 3 is 2.52 bits per heavy atom. The van der Waals surface area contributed by atoms with Crippen LogP contribution in [0.5, 0.6) is 0 Å². The molecule has 1 aromatic rings. The Morgan fingerprint density at radius 2 is 1.91 bits per heavy atom. The maximum atomic E-state index is 11.9. The van der Waals surface area contributed by atoms with Crippen molar-refractivity contribution in [2.45, 2.75) is 26.7 Å². The Labute approximate surface area is 140 Å². The van der Waals surface area contributed by atoms with E-state index >= 15 is 0 Å². The van der Waals surface area contributed by atoms with Gasteiger partial charge in [-0.25, -0.2) is 4.79 Å². The van der Waals surface area contributed by atoms with Gasteiger partial charge in [0.1, 0.15) is 6.42 Å². The molecule has 0 aromatic heterocycles. The summed E-state index contributed by atoms with van der Waals surface area (Å²) in [5.41, 5.74) is 0.517. The highest BCUT2D eigenvalue weighted by molar-refractivity contribution is 6.34. The van der Waals surface area contributed by atoms with Gasteiger partial charge in [-0.15, -0.1) is 0 Å². The van der Waals surface area contributed by atoms with Gasteiger partial charge in [0, 0.05) is 6.54 Å². The molecule has 23 heavy (non-hydrogen) atoms. The molecule has 1 aromatic carbocycles. The van der Waals surface area contributed by atoms with E-state index < -0.39 is 11.9 Å². The molecule has 0 heterocycles. The summed E-state index contributed by atoms with van der Waals surface area (Å²) < 4.78 is 4.61. The number of rotatable bonds is 7. The fourth-order valence-corrected chi connectivity index (χ4v) is 1.93. The van der Waals surface area contributed by atoms with Crippen LogP contribution in [-0.4, -0.2) is 31.4 Å². The third-order valence-electron chi connectivity index (χ3n) is 3.03. The summed E-state index contributed by atoms with van der Waals surface area (Å²) in [5, 5.41) is 5.47. The van der Waals surface area contributed by atoms with Gasteiger partial charge in [0.15, 0.2) is 0 Å². The number of benzene rings is 1. The molecule has 0 saturated heterocycles. The first kappa shape index (κ1) is 19.0. The van der Waals surface area contributed by atoms with Crippen LogP contribution in [0, 0.1) is 5.92 Å². The highest BCUT2D eigenvalue weighted by Crippen LogP contribution is 2.23. The summed E-state index contributed by atoms with van der Waals surface area (Å²) in [6.45, 7) is 4.63. The van der Waals surface area contributed by atoms with Crippen LogP contribution in [0.25, 0.3) is 0 Å². The van der Waals surface area contributed by atoms with Crippen molar-refractivity contribution in [3.8, 4) is 0 Å². The van der Waals surface area contributed by atoms with Gasteiger partial charge in [0.2, 0.25) is 11.8 Å². The molecule has 1 rings (SSSR count). The number of anilines is 1. The second kappa shape index (κ2) is 9.15. The van der Waals surface area contributed by atoms with Crippen molar-refractivity contribution in [1.29, 1.82) is 0 Å². The summed E-state index contributed by atoms with van der Waals surface area (Å²) in [4.78, 5) is 35.0. The number of methoxy groups -OCH3 is 1. The van der Waals surface area contributed by atoms with Crippen LogP contribution in [0.4, 0.5) is 5.69 Å². The van der Waals surface area contributed by atoms with Gasteiger partial charge in [0.05, 0.1) is 23.4 Å². The zero-order valence-corrected chi connectivity index (χ0v) is 14.2. The minimum atomic E-state index is -0.538. The molecule has 2 N–H and O–H groups in total. The lowest BCUT2D eigenvalue weighted by atomic mass is 10.1. The largest absolute Gasteiger partial charge is 0.465 e. The third-order valence-corrected chi connectivity index (χ3v) is 3.36. The molecule has 0 unspecified atom stereocenters. The van der Waals surface area contributed by atoms with E-state index in [1.165, 1.54) is 25.3 Å². The zero-order chi connectivity index (χ0) is 17.4. The van der Waals surface area contributed by atoms with E-state index in [4.69, 9.17) is 11.6 Å². The minimum Gasteiger partial charge on any atom is -0.465 e. The molecule has 0 aliphatic rings. The van der Waals surface area contributed by atoms with E-state index in [2.05, 4.69) is 29.2 Å². The maximum Gasteiger partial charge on any atom is 0.337 e. The lowest BCUT2D eigenvalue weighted by Crippen LogP contribution is -2.29. The van der Waals surface area contributed by atoms with Crippen LogP contribution in [0.1, 0.15) is 37.0 Å². The van der Waals surface area contributed by atoms with Crippen LogP contribution in [0.3, 0.4) is 0 Å². The molecule has 0 atom stereocenters. The SMILES string of the molecule is COC(=O)c1ccc(Cl)c(NC(=O)CC(=O)NCCC(C)C)c1. The first-order chi connectivity index (χ1) is 10.8. The van der Waals surface area contributed by atoms with E-state index in [0.29, 0.717) is 12.5 Å². The van der Waals surface area contributed by atoms with E-state index in [9.17, 15) is 14.4 Å². The maximum absolute atomic E-state index is 11.9. The monoisotopic (exact) mass is 340 g/mol. The van der Waals surface area contributed by atoms with Gasteiger partial charge >= 0.3 is 5.97 Å². The molecule has 126 valence electrons. The standard InChI is InChI=1S/C16H21ClN2O4/c1-10(2)6-7-18-14(20)9-15(21)19-13-8-11(16(22)23-3)4-5-12(13)17/h4-5,8,10H,6-7,9H2,1-3H3,(H,18,20)(H,19,21). The van der Waals surface area contributed by atoms with Gasteiger partial charge in [-0.05, 0) is 30.5 Å². The normalized spacial score (nSPS) is 10.3. The van der Waals surface area contributed by atoms with Gasteiger partial charge < -0.3 is 15.4 Å². The fourth-order valence-electron chi connectivity index (χ4n) is 1.77. The molecule has 2 amide bonds. The number of esters is 1. The fraction of sp³-hybridized carbons (Fsp3) is 0.438. The molecule has 0 saturated carbocycles. The smallest absolute Gasteiger partial charge is 0.337 e. The number of carbonyl (C=O) groups excluding carboxylic acids is 3. The quantitative estimate of drug-likeness (QED) is 0.590. The van der Waals surface area contributed by atoms with E-state index in [-0.39, 0.29) is 28.6 Å². The van der Waals surface area contributed by atoms with Crippen LogP contribution >= 0.6 is 11.6 Å². The number of halogens is 1. The number of hydrogen-bond acceptors (Lipinski definition) is 4. The molecule has 0 radical (unpaired) electrons. The second-order valence-corrected chi connectivity index (χ2v) is 5.85. The lowest BCUT2D eigenvalue weighted by Gasteiger charge is -2.10. The van der Waals surface area contributed by atoms with Gasteiger partial charge in [-0.2, -0.15) is 0 Å². The molecule has 6 nitrogen and oxygen atoms in total. The summed E-state index contributed by atoms with van der Waals surface area (Å²) in [6, 6.07) is 4.37. The first-order valence-electron chi connectivity index (χ1n) is 7.28. The zero-order valence-electron chi connectivity index (χ0n) is 13.4. The van der Waals surface area contributed by atoms with Crippen LogP contribution in [0.15, 0.2) is 18.2 Å². The second-order valence-electron chi connectivity index (χ2n) is 5.44. The molecule has 0 fully saturated rings. The first-order valence-corrected chi connectivity index (χ1v) is 7.65. The molecular weight excluding hydrogens is 320 g/mol. The highest BCUT2D eigenvalue weighted by Gasteiger charge is 2.13. The molecule has 7 heteroatoms. The summed E-state index contributed by atoms with van der Waals surface area (Å²) in [7, 11) is 1.26. The van der Waals surface area contributed by atoms with Gasteiger partial charge in [0.25, 0.3) is 0 Å². The number of hydrogen-bond donors (Lipinski definition) is 2. The molecular formula is C16H21ClN2O4. The predicted molar refractivity (Wildman–Crippen MR) is 88.5 cm³/mol. The number of carbonyl (C=O) groups is 3.